The van der Waals surface area contributed by atoms with Gasteiger partial charge in [0.25, 0.3) is 11.6 Å². The molecule has 0 heterocycles. The van der Waals surface area contributed by atoms with Crippen LogP contribution in [0.1, 0.15) is 25.3 Å². The monoisotopic (exact) mass is 364 g/mol. The molecular weight excluding hydrogens is 344 g/mol. The second-order valence-electron chi connectivity index (χ2n) is 5.05. The Morgan fingerprint density at radius 3 is 2.50 bits per heavy atom. The van der Waals surface area contributed by atoms with Gasteiger partial charge in [-0.25, -0.2) is 4.79 Å². The zero-order valence-electron chi connectivity index (χ0n) is 14.3. The van der Waals surface area contributed by atoms with Gasteiger partial charge >= 0.3 is 11.9 Å². The SMILES string of the molecule is CCOC(=O)CCCNC(=O)COC(=O)/C=C/c1ccc([N+](=O)[O-])cc1. The average Bonchev–Trinajstić information content (AvgIpc) is 2.62. The molecule has 0 spiro atoms. The van der Waals surface area contributed by atoms with Crippen LogP contribution in [0.2, 0.25) is 0 Å². The molecule has 0 aromatic heterocycles. The molecule has 9 heteroatoms. The van der Waals surface area contributed by atoms with E-state index in [9.17, 15) is 24.5 Å². The maximum absolute atomic E-state index is 11.5. The number of nitrogens with one attached hydrogen (secondary N) is 1. The Bertz CT molecular complexity index is 668. The van der Waals surface area contributed by atoms with Crippen molar-refractivity contribution in [2.75, 3.05) is 19.8 Å². The summed E-state index contributed by atoms with van der Waals surface area (Å²) in [5, 5.41) is 13.1. The van der Waals surface area contributed by atoms with E-state index in [2.05, 4.69) is 5.32 Å². The molecule has 1 N–H and O–H groups in total. The van der Waals surface area contributed by atoms with Gasteiger partial charge in [-0.05, 0) is 37.1 Å². The first-order valence-electron chi connectivity index (χ1n) is 7.94. The van der Waals surface area contributed by atoms with Gasteiger partial charge in [-0.2, -0.15) is 0 Å². The molecule has 0 atom stereocenters. The molecule has 0 fully saturated rings. The highest BCUT2D eigenvalue weighted by molar-refractivity contribution is 5.89. The van der Waals surface area contributed by atoms with Crippen molar-refractivity contribution in [1.82, 2.24) is 5.32 Å². The number of carbonyl (C=O) groups is 3. The van der Waals surface area contributed by atoms with Crippen molar-refractivity contribution in [2.45, 2.75) is 19.8 Å². The quantitative estimate of drug-likeness (QED) is 0.220. The number of esters is 2. The lowest BCUT2D eigenvalue weighted by Gasteiger charge is -2.05. The summed E-state index contributed by atoms with van der Waals surface area (Å²) in [6.45, 7) is 1.86. The van der Waals surface area contributed by atoms with Crippen LogP contribution in [0.15, 0.2) is 30.3 Å². The fraction of sp³-hybridized carbons (Fsp3) is 0.353. The van der Waals surface area contributed by atoms with E-state index in [-0.39, 0.29) is 24.6 Å². The minimum Gasteiger partial charge on any atom is -0.466 e. The van der Waals surface area contributed by atoms with Crippen molar-refractivity contribution >= 4 is 29.6 Å². The smallest absolute Gasteiger partial charge is 0.331 e. The Hall–Kier alpha value is -3.23. The van der Waals surface area contributed by atoms with E-state index in [4.69, 9.17) is 9.47 Å². The van der Waals surface area contributed by atoms with Gasteiger partial charge in [0.05, 0.1) is 11.5 Å². The summed E-state index contributed by atoms with van der Waals surface area (Å²) >= 11 is 0. The minimum atomic E-state index is -0.718. The molecule has 1 rings (SSSR count). The van der Waals surface area contributed by atoms with Gasteiger partial charge in [-0.1, -0.05) is 0 Å². The Labute approximate surface area is 150 Å². The average molecular weight is 364 g/mol. The first-order valence-corrected chi connectivity index (χ1v) is 7.94. The molecule has 0 bridgehead atoms. The maximum Gasteiger partial charge on any atom is 0.331 e. The summed E-state index contributed by atoms with van der Waals surface area (Å²) < 4.78 is 9.51. The van der Waals surface area contributed by atoms with E-state index in [1.54, 1.807) is 6.92 Å². The highest BCUT2D eigenvalue weighted by Gasteiger charge is 2.06. The number of hydrogen-bond donors (Lipinski definition) is 1. The maximum atomic E-state index is 11.5. The normalized spacial score (nSPS) is 10.3. The highest BCUT2D eigenvalue weighted by atomic mass is 16.6. The van der Waals surface area contributed by atoms with Gasteiger partial charge in [-0.3, -0.25) is 19.7 Å². The number of carbonyl (C=O) groups excluding carboxylic acids is 3. The fourth-order valence-corrected chi connectivity index (χ4v) is 1.80. The summed E-state index contributed by atoms with van der Waals surface area (Å²) in [6.07, 6.45) is 3.17. The van der Waals surface area contributed by atoms with Crippen molar-refractivity contribution in [3.8, 4) is 0 Å². The molecule has 0 aliphatic carbocycles. The van der Waals surface area contributed by atoms with Crippen LogP contribution in [0, 0.1) is 10.1 Å². The molecule has 1 aromatic rings. The number of hydrogen-bond acceptors (Lipinski definition) is 7. The van der Waals surface area contributed by atoms with Crippen LogP contribution >= 0.6 is 0 Å². The number of nitro benzene ring substituents is 1. The number of rotatable bonds is 10. The lowest BCUT2D eigenvalue weighted by molar-refractivity contribution is -0.384. The number of amides is 1. The van der Waals surface area contributed by atoms with Crippen LogP contribution in [-0.2, 0) is 23.9 Å². The van der Waals surface area contributed by atoms with Gasteiger partial charge in [-0.15, -0.1) is 0 Å². The molecule has 0 aliphatic rings. The molecule has 1 amide bonds. The third-order valence-corrected chi connectivity index (χ3v) is 3.05. The van der Waals surface area contributed by atoms with Gasteiger partial charge in [0.1, 0.15) is 0 Å². The number of benzene rings is 1. The molecule has 0 saturated carbocycles. The van der Waals surface area contributed by atoms with E-state index >= 15 is 0 Å². The Morgan fingerprint density at radius 2 is 1.88 bits per heavy atom. The number of nitrogens with zero attached hydrogens (tertiary/aromatic N) is 1. The first-order chi connectivity index (χ1) is 12.4. The van der Waals surface area contributed by atoms with Crippen molar-refractivity contribution < 1.29 is 28.8 Å². The highest BCUT2D eigenvalue weighted by Crippen LogP contribution is 2.12. The van der Waals surface area contributed by atoms with Crippen LogP contribution in [0.25, 0.3) is 6.08 Å². The van der Waals surface area contributed by atoms with Crippen molar-refractivity contribution in [3.63, 3.8) is 0 Å². The lowest BCUT2D eigenvalue weighted by Crippen LogP contribution is -2.29. The van der Waals surface area contributed by atoms with Crippen molar-refractivity contribution in [3.05, 3.63) is 46.0 Å². The predicted octanol–water partition coefficient (Wildman–Crippen LogP) is 1.61. The molecule has 9 nitrogen and oxygen atoms in total. The van der Waals surface area contributed by atoms with Crippen LogP contribution in [-0.4, -0.2) is 42.5 Å². The summed E-state index contributed by atoms with van der Waals surface area (Å²) in [5.74, 6) is -1.53. The summed E-state index contributed by atoms with van der Waals surface area (Å²) in [4.78, 5) is 44.1. The van der Waals surface area contributed by atoms with Crippen molar-refractivity contribution in [1.29, 1.82) is 0 Å². The van der Waals surface area contributed by atoms with Crippen LogP contribution in [0.3, 0.4) is 0 Å². The van der Waals surface area contributed by atoms with Crippen molar-refractivity contribution in [2.24, 2.45) is 0 Å². The topological polar surface area (TPSA) is 125 Å². The van der Waals surface area contributed by atoms with Gasteiger partial charge < -0.3 is 14.8 Å². The molecule has 0 unspecified atom stereocenters. The minimum absolute atomic E-state index is 0.0515. The fourth-order valence-electron chi connectivity index (χ4n) is 1.80. The van der Waals surface area contributed by atoms with Gasteiger partial charge in [0.2, 0.25) is 0 Å². The summed E-state index contributed by atoms with van der Waals surface area (Å²) in [7, 11) is 0. The molecule has 26 heavy (non-hydrogen) atoms. The van der Waals surface area contributed by atoms with Crippen LogP contribution < -0.4 is 5.32 Å². The van der Waals surface area contributed by atoms with Gasteiger partial charge in [0, 0.05) is 31.2 Å². The molecule has 0 saturated heterocycles. The molecule has 140 valence electrons. The molecule has 0 aliphatic heterocycles. The number of ether oxygens (including phenoxy) is 2. The Morgan fingerprint density at radius 1 is 1.19 bits per heavy atom. The van der Waals surface area contributed by atoms with E-state index < -0.39 is 23.4 Å². The molecule has 0 radical (unpaired) electrons. The van der Waals surface area contributed by atoms with Crippen LogP contribution in [0.4, 0.5) is 5.69 Å². The molecular formula is C17H20N2O7. The second kappa shape index (κ2) is 11.3. The van der Waals surface area contributed by atoms with E-state index in [0.717, 1.165) is 6.08 Å². The largest absolute Gasteiger partial charge is 0.466 e. The molecule has 1 aromatic carbocycles. The van der Waals surface area contributed by atoms with Gasteiger partial charge in [0.15, 0.2) is 6.61 Å². The third kappa shape index (κ3) is 8.57. The summed E-state index contributed by atoms with van der Waals surface area (Å²) in [5.41, 5.74) is 0.528. The standard InChI is InChI=1S/C17H20N2O7/c1-2-25-16(21)4-3-11-18-15(20)12-26-17(22)10-7-13-5-8-14(9-6-13)19(23)24/h5-10H,2-4,11-12H2,1H3,(H,18,20)/b10-7+. The number of non-ortho nitro benzene ring substituents is 1. The third-order valence-electron chi connectivity index (χ3n) is 3.05. The van der Waals surface area contributed by atoms with Crippen LogP contribution in [0.5, 0.6) is 0 Å². The predicted molar refractivity (Wildman–Crippen MR) is 92.0 cm³/mol. The zero-order chi connectivity index (χ0) is 19.4. The van der Waals surface area contributed by atoms with E-state index in [0.29, 0.717) is 18.6 Å². The summed E-state index contributed by atoms with van der Waals surface area (Å²) in [6, 6.07) is 5.60. The first kappa shape index (κ1) is 20.8. The Balaban J connectivity index is 2.25. The van der Waals surface area contributed by atoms with E-state index in [1.165, 1.54) is 30.3 Å². The van der Waals surface area contributed by atoms with E-state index in [1.807, 2.05) is 0 Å². The lowest BCUT2D eigenvalue weighted by atomic mass is 10.2. The second-order valence-corrected chi connectivity index (χ2v) is 5.05. The number of nitro groups is 1. The Kier molecular flexibility index (Phi) is 9.08. The zero-order valence-corrected chi connectivity index (χ0v) is 14.3.